The number of hydrogen-bond donors (Lipinski definition) is 1. The highest BCUT2D eigenvalue weighted by atomic mass is 19.1. The molecule has 1 N–H and O–H groups in total. The van der Waals surface area contributed by atoms with Crippen molar-refractivity contribution in [1.29, 1.82) is 0 Å². The van der Waals surface area contributed by atoms with Crippen molar-refractivity contribution in [1.82, 2.24) is 30.1 Å². The van der Waals surface area contributed by atoms with E-state index in [0.717, 1.165) is 27.6 Å². The molecule has 2 heterocycles. The first-order valence-electron chi connectivity index (χ1n) is 11.4. The van der Waals surface area contributed by atoms with Gasteiger partial charge in [-0.2, -0.15) is 0 Å². The van der Waals surface area contributed by atoms with Crippen LogP contribution in [0.5, 0.6) is 0 Å². The second-order valence-electron chi connectivity index (χ2n) is 8.72. The number of fused-ring (bicyclic) bond motifs is 1. The lowest BCUT2D eigenvalue weighted by Crippen LogP contribution is -2.28. The van der Waals surface area contributed by atoms with Gasteiger partial charge < -0.3 is 4.98 Å². The number of nitrogens with zero attached hydrogens (tertiary/aromatic N) is 5. The quantitative estimate of drug-likeness (QED) is 0.369. The van der Waals surface area contributed by atoms with Crippen molar-refractivity contribution in [2.75, 3.05) is 0 Å². The van der Waals surface area contributed by atoms with Crippen molar-refractivity contribution in [2.45, 2.75) is 33.1 Å². The molecular weight excluding hydrogens is 443 g/mol. The fourth-order valence-electron chi connectivity index (χ4n) is 4.16. The summed E-state index contributed by atoms with van der Waals surface area (Å²) in [6.07, 6.45) is 0. The highest BCUT2D eigenvalue weighted by molar-refractivity contribution is 5.79. The molecule has 0 unspecified atom stereocenters. The highest BCUT2D eigenvalue weighted by Gasteiger charge is 2.16. The molecule has 0 aliphatic rings. The molecule has 0 aliphatic heterocycles. The molecule has 0 fully saturated rings. The molecule has 5 aromatic rings. The van der Waals surface area contributed by atoms with Gasteiger partial charge in [0, 0.05) is 24.2 Å². The van der Waals surface area contributed by atoms with E-state index in [1.54, 1.807) is 16.8 Å². The number of halogens is 1. The summed E-state index contributed by atoms with van der Waals surface area (Å²) in [5.74, 6) is 0.400. The molecule has 2 aromatic heterocycles. The predicted molar refractivity (Wildman–Crippen MR) is 132 cm³/mol. The molecule has 0 bridgehead atoms. The fourth-order valence-corrected chi connectivity index (χ4v) is 4.16. The summed E-state index contributed by atoms with van der Waals surface area (Å²) in [6, 6.07) is 24.3. The van der Waals surface area contributed by atoms with E-state index >= 15 is 0 Å². The van der Waals surface area contributed by atoms with E-state index in [1.807, 2.05) is 55.5 Å². The normalized spacial score (nSPS) is 11.4. The molecule has 0 aliphatic carbocycles. The molecule has 35 heavy (non-hydrogen) atoms. The zero-order chi connectivity index (χ0) is 24.2. The maximum absolute atomic E-state index is 13.5. The van der Waals surface area contributed by atoms with Gasteiger partial charge in [0.15, 0.2) is 5.82 Å². The maximum atomic E-state index is 13.5. The largest absolute Gasteiger partial charge is 0.322 e. The first-order chi connectivity index (χ1) is 17.0. The number of nitrogens with one attached hydrogen (secondary N) is 1. The van der Waals surface area contributed by atoms with Crippen LogP contribution in [0.3, 0.4) is 0 Å². The Kier molecular flexibility index (Phi) is 6.45. The van der Waals surface area contributed by atoms with Crippen molar-refractivity contribution >= 4 is 10.9 Å². The van der Waals surface area contributed by atoms with Crippen molar-refractivity contribution < 1.29 is 4.39 Å². The van der Waals surface area contributed by atoms with Crippen LogP contribution < -0.4 is 5.56 Å². The van der Waals surface area contributed by atoms with E-state index in [2.05, 4.69) is 31.5 Å². The number of aryl methyl sites for hydroxylation is 1. The number of aromatic amines is 1. The smallest absolute Gasteiger partial charge is 0.252 e. The van der Waals surface area contributed by atoms with Gasteiger partial charge in [0.1, 0.15) is 5.82 Å². The van der Waals surface area contributed by atoms with Crippen LogP contribution in [0.1, 0.15) is 28.1 Å². The van der Waals surface area contributed by atoms with Crippen LogP contribution >= 0.6 is 0 Å². The molecule has 7 nitrogen and oxygen atoms in total. The van der Waals surface area contributed by atoms with Gasteiger partial charge in [-0.15, -0.1) is 5.10 Å². The Labute approximate surface area is 201 Å². The van der Waals surface area contributed by atoms with Gasteiger partial charge in [0.25, 0.3) is 5.56 Å². The third-order valence-corrected chi connectivity index (χ3v) is 5.94. The summed E-state index contributed by atoms with van der Waals surface area (Å²) < 4.78 is 15.2. The minimum atomic E-state index is -0.284. The molecule has 0 spiro atoms. The molecule has 0 saturated heterocycles. The van der Waals surface area contributed by atoms with Crippen molar-refractivity contribution in [2.24, 2.45) is 0 Å². The number of aromatic nitrogens is 5. The molecule has 0 amide bonds. The molecule has 176 valence electrons. The number of H-pyrrole nitrogens is 1. The van der Waals surface area contributed by atoms with E-state index in [0.29, 0.717) is 37.6 Å². The van der Waals surface area contributed by atoms with Crippen LogP contribution in [0, 0.1) is 12.7 Å². The van der Waals surface area contributed by atoms with E-state index in [4.69, 9.17) is 0 Å². The first-order valence-corrected chi connectivity index (χ1v) is 11.4. The standard InChI is InChI=1S/C27H25FN6O/c1-19-7-12-25-22(13-19)14-23(27(35)29-25)17-33(15-21-8-10-24(28)11-9-21)18-26-30-31-32-34(26)16-20-5-3-2-4-6-20/h2-14H,15-18H2,1H3,(H,29,35). The summed E-state index contributed by atoms with van der Waals surface area (Å²) >= 11 is 0. The van der Waals surface area contributed by atoms with E-state index in [9.17, 15) is 9.18 Å². The molecular formula is C27H25FN6O. The van der Waals surface area contributed by atoms with Crippen LogP contribution in [0.15, 0.2) is 83.7 Å². The lowest BCUT2D eigenvalue weighted by molar-refractivity contribution is 0.236. The maximum Gasteiger partial charge on any atom is 0.252 e. The van der Waals surface area contributed by atoms with Crippen molar-refractivity contribution in [3.05, 3.63) is 123 Å². The predicted octanol–water partition coefficient (Wildman–Crippen LogP) is 4.21. The average Bonchev–Trinajstić information content (AvgIpc) is 3.28. The summed E-state index contributed by atoms with van der Waals surface area (Å²) in [7, 11) is 0. The van der Waals surface area contributed by atoms with Crippen LogP contribution in [-0.2, 0) is 26.2 Å². The number of tetrazole rings is 1. The molecule has 5 rings (SSSR count). The Bertz CT molecular complexity index is 1490. The van der Waals surface area contributed by atoms with E-state index in [1.165, 1.54) is 12.1 Å². The SMILES string of the molecule is Cc1ccc2[nH]c(=O)c(CN(Cc3ccc(F)cc3)Cc3nnnn3Cc3ccccc3)cc2c1. The second-order valence-corrected chi connectivity index (χ2v) is 8.72. The van der Waals surface area contributed by atoms with Crippen LogP contribution in [0.4, 0.5) is 4.39 Å². The number of benzene rings is 3. The topological polar surface area (TPSA) is 79.7 Å². The molecule has 0 atom stereocenters. The van der Waals surface area contributed by atoms with Gasteiger partial charge in [0.05, 0.1) is 13.1 Å². The zero-order valence-corrected chi connectivity index (χ0v) is 19.4. The van der Waals surface area contributed by atoms with Gasteiger partial charge in [-0.3, -0.25) is 9.69 Å². The van der Waals surface area contributed by atoms with Gasteiger partial charge in [-0.25, -0.2) is 9.07 Å². The Morgan fingerprint density at radius 3 is 2.51 bits per heavy atom. The minimum absolute atomic E-state index is 0.130. The summed E-state index contributed by atoms with van der Waals surface area (Å²) in [6.45, 7) is 3.88. The summed E-state index contributed by atoms with van der Waals surface area (Å²) in [5.41, 5.74) is 4.47. The zero-order valence-electron chi connectivity index (χ0n) is 19.4. The van der Waals surface area contributed by atoms with Crippen LogP contribution in [0.2, 0.25) is 0 Å². The van der Waals surface area contributed by atoms with Gasteiger partial charge in [-0.1, -0.05) is 54.1 Å². The third-order valence-electron chi connectivity index (χ3n) is 5.94. The Balaban J connectivity index is 1.44. The number of hydrogen-bond acceptors (Lipinski definition) is 5. The first kappa shape index (κ1) is 22.6. The monoisotopic (exact) mass is 468 g/mol. The second kappa shape index (κ2) is 9.99. The molecule has 3 aromatic carbocycles. The Morgan fingerprint density at radius 1 is 0.914 bits per heavy atom. The summed E-state index contributed by atoms with van der Waals surface area (Å²) in [4.78, 5) is 18.0. The van der Waals surface area contributed by atoms with Crippen molar-refractivity contribution in [3.63, 3.8) is 0 Å². The number of rotatable bonds is 8. The third kappa shape index (κ3) is 5.50. The van der Waals surface area contributed by atoms with Gasteiger partial charge in [-0.05, 0) is 64.2 Å². The van der Waals surface area contributed by atoms with E-state index in [-0.39, 0.29) is 11.4 Å². The number of pyridine rings is 1. The molecule has 8 heteroatoms. The van der Waals surface area contributed by atoms with Crippen LogP contribution in [0.25, 0.3) is 10.9 Å². The average molecular weight is 469 g/mol. The minimum Gasteiger partial charge on any atom is -0.322 e. The van der Waals surface area contributed by atoms with Crippen LogP contribution in [-0.4, -0.2) is 30.1 Å². The summed E-state index contributed by atoms with van der Waals surface area (Å²) in [5, 5.41) is 13.3. The van der Waals surface area contributed by atoms with Gasteiger partial charge in [0.2, 0.25) is 0 Å². The van der Waals surface area contributed by atoms with E-state index < -0.39 is 0 Å². The fraction of sp³-hybridized carbons (Fsp3) is 0.185. The Hall–Kier alpha value is -4.17. The lowest BCUT2D eigenvalue weighted by atomic mass is 10.1. The highest BCUT2D eigenvalue weighted by Crippen LogP contribution is 2.17. The molecule has 0 radical (unpaired) electrons. The Morgan fingerprint density at radius 2 is 1.71 bits per heavy atom. The lowest BCUT2D eigenvalue weighted by Gasteiger charge is -2.22. The van der Waals surface area contributed by atoms with Gasteiger partial charge >= 0.3 is 0 Å². The van der Waals surface area contributed by atoms with Crippen molar-refractivity contribution in [3.8, 4) is 0 Å². The molecule has 0 saturated carbocycles.